The van der Waals surface area contributed by atoms with Crippen molar-refractivity contribution in [3.63, 3.8) is 0 Å². The lowest BCUT2D eigenvalue weighted by atomic mass is 9.77. The number of nitrogens with zero attached hydrogens (tertiary/aromatic N) is 2. The van der Waals surface area contributed by atoms with E-state index < -0.39 is 0 Å². The number of fused-ring (bicyclic) bond motifs is 1. The lowest BCUT2D eigenvalue weighted by Crippen LogP contribution is -2.26. The zero-order chi connectivity index (χ0) is 12.8. The summed E-state index contributed by atoms with van der Waals surface area (Å²) in [6.07, 6.45) is 7.05. The fourth-order valence-electron chi connectivity index (χ4n) is 2.79. The molecule has 2 heterocycles. The summed E-state index contributed by atoms with van der Waals surface area (Å²) in [5.74, 6) is 6.27. The van der Waals surface area contributed by atoms with E-state index in [2.05, 4.69) is 24.9 Å². The van der Waals surface area contributed by atoms with E-state index in [4.69, 9.17) is 5.84 Å². The Kier molecular flexibility index (Phi) is 2.44. The minimum absolute atomic E-state index is 0.359. The number of hydrogen-bond donors (Lipinski definition) is 1. The summed E-state index contributed by atoms with van der Waals surface area (Å²) in [6.45, 7) is 4.63. The molecular weight excluding hydrogens is 222 g/mol. The van der Waals surface area contributed by atoms with Crippen molar-refractivity contribution in [3.8, 4) is 11.3 Å². The Morgan fingerprint density at radius 3 is 2.72 bits per heavy atom. The van der Waals surface area contributed by atoms with Gasteiger partial charge < -0.3 is 5.84 Å². The summed E-state index contributed by atoms with van der Waals surface area (Å²) in [7, 11) is 0. The molecule has 0 radical (unpaired) electrons. The van der Waals surface area contributed by atoms with Gasteiger partial charge in [-0.3, -0.25) is 9.66 Å². The summed E-state index contributed by atoms with van der Waals surface area (Å²) in [5.41, 5.74) is 5.29. The first-order valence-corrected chi connectivity index (χ1v) is 6.46. The predicted octanol–water partition coefficient (Wildman–Crippen LogP) is 2.78. The van der Waals surface area contributed by atoms with Crippen LogP contribution in [0.2, 0.25) is 0 Å². The highest BCUT2D eigenvalue weighted by Crippen LogP contribution is 2.37. The Balaban J connectivity index is 2.08. The maximum absolute atomic E-state index is 6.27. The van der Waals surface area contributed by atoms with E-state index in [9.17, 15) is 0 Å². The van der Waals surface area contributed by atoms with Crippen molar-refractivity contribution in [2.24, 2.45) is 5.41 Å². The molecule has 2 aromatic heterocycles. The van der Waals surface area contributed by atoms with Crippen LogP contribution in [0.15, 0.2) is 30.6 Å². The average molecular weight is 241 g/mol. The van der Waals surface area contributed by atoms with Gasteiger partial charge in [-0.25, -0.2) is 0 Å². The summed E-state index contributed by atoms with van der Waals surface area (Å²) >= 11 is 0. The molecule has 0 aromatic carbocycles. The van der Waals surface area contributed by atoms with Gasteiger partial charge >= 0.3 is 0 Å². The van der Waals surface area contributed by atoms with E-state index in [1.807, 2.05) is 29.2 Å². The maximum atomic E-state index is 6.27. The monoisotopic (exact) mass is 241 g/mol. The second kappa shape index (κ2) is 3.87. The minimum Gasteiger partial charge on any atom is -0.339 e. The largest absolute Gasteiger partial charge is 0.339 e. The molecular formula is C15H19N3. The van der Waals surface area contributed by atoms with Crippen LogP contribution in [0.25, 0.3) is 11.3 Å². The molecule has 18 heavy (non-hydrogen) atoms. The SMILES string of the molecule is CC1(C)CCc2cc(-c3ccncc3)n(N)c2C1. The smallest absolute Gasteiger partial charge is 0.0697 e. The Morgan fingerprint density at radius 1 is 1.28 bits per heavy atom. The van der Waals surface area contributed by atoms with Gasteiger partial charge in [0.25, 0.3) is 0 Å². The molecule has 0 unspecified atom stereocenters. The molecule has 94 valence electrons. The topological polar surface area (TPSA) is 43.8 Å². The number of pyridine rings is 1. The molecule has 0 spiro atoms. The molecule has 2 aromatic rings. The van der Waals surface area contributed by atoms with Crippen molar-refractivity contribution in [3.05, 3.63) is 41.9 Å². The molecule has 2 N–H and O–H groups in total. The van der Waals surface area contributed by atoms with Crippen LogP contribution < -0.4 is 5.84 Å². The van der Waals surface area contributed by atoms with Crippen molar-refractivity contribution in [1.82, 2.24) is 9.66 Å². The first-order valence-electron chi connectivity index (χ1n) is 6.46. The number of aromatic nitrogens is 2. The third kappa shape index (κ3) is 1.80. The van der Waals surface area contributed by atoms with E-state index in [1.54, 1.807) is 0 Å². The highest BCUT2D eigenvalue weighted by Gasteiger charge is 2.28. The van der Waals surface area contributed by atoms with Crippen molar-refractivity contribution in [2.45, 2.75) is 33.1 Å². The van der Waals surface area contributed by atoms with Crippen LogP contribution in [0, 0.1) is 5.41 Å². The van der Waals surface area contributed by atoms with Gasteiger partial charge in [0.15, 0.2) is 0 Å². The molecule has 0 atom stereocenters. The van der Waals surface area contributed by atoms with Crippen molar-refractivity contribution >= 4 is 0 Å². The molecule has 3 nitrogen and oxygen atoms in total. The molecule has 0 bridgehead atoms. The van der Waals surface area contributed by atoms with Gasteiger partial charge in [-0.1, -0.05) is 13.8 Å². The van der Waals surface area contributed by atoms with Crippen molar-refractivity contribution in [2.75, 3.05) is 5.84 Å². The fourth-order valence-corrected chi connectivity index (χ4v) is 2.79. The van der Waals surface area contributed by atoms with E-state index in [1.165, 1.54) is 17.7 Å². The summed E-state index contributed by atoms with van der Waals surface area (Å²) in [6, 6.07) is 6.25. The first-order chi connectivity index (χ1) is 8.57. The van der Waals surface area contributed by atoms with Gasteiger partial charge in [-0.15, -0.1) is 0 Å². The number of rotatable bonds is 1. The van der Waals surface area contributed by atoms with E-state index >= 15 is 0 Å². The normalized spacial score (nSPS) is 17.4. The van der Waals surface area contributed by atoms with Crippen LogP contribution in [-0.4, -0.2) is 9.66 Å². The van der Waals surface area contributed by atoms with E-state index in [0.717, 1.165) is 24.1 Å². The zero-order valence-corrected chi connectivity index (χ0v) is 11.0. The molecule has 1 aliphatic rings. The Bertz CT molecular complexity index is 567. The lowest BCUT2D eigenvalue weighted by Gasteiger charge is -2.30. The van der Waals surface area contributed by atoms with Gasteiger partial charge in [0.1, 0.15) is 0 Å². The van der Waals surface area contributed by atoms with Crippen LogP contribution in [0.5, 0.6) is 0 Å². The third-order valence-corrected chi connectivity index (χ3v) is 3.93. The van der Waals surface area contributed by atoms with E-state index in [-0.39, 0.29) is 0 Å². The van der Waals surface area contributed by atoms with Gasteiger partial charge in [0, 0.05) is 23.7 Å². The second-order valence-corrected chi connectivity index (χ2v) is 5.95. The zero-order valence-electron chi connectivity index (χ0n) is 11.0. The first kappa shape index (κ1) is 11.3. The van der Waals surface area contributed by atoms with Gasteiger partial charge in [-0.2, -0.15) is 0 Å². The molecule has 0 aliphatic heterocycles. The minimum atomic E-state index is 0.359. The highest BCUT2D eigenvalue weighted by molar-refractivity contribution is 5.62. The number of nitrogens with two attached hydrogens (primary N) is 1. The lowest BCUT2D eigenvalue weighted by molar-refractivity contribution is 0.309. The molecule has 0 fully saturated rings. The second-order valence-electron chi connectivity index (χ2n) is 5.95. The standard InChI is InChI=1S/C15H19N3/c1-15(2)6-3-12-9-13(18(16)14(12)10-15)11-4-7-17-8-5-11/h4-5,7-9H,3,6,10,16H2,1-2H3. The molecule has 0 amide bonds. The molecule has 3 heteroatoms. The molecule has 0 saturated carbocycles. The number of nitrogen functional groups attached to an aromatic ring is 1. The molecule has 1 aliphatic carbocycles. The Hall–Kier alpha value is -1.77. The average Bonchev–Trinajstić information content (AvgIpc) is 2.67. The molecule has 3 rings (SSSR count). The predicted molar refractivity (Wildman–Crippen MR) is 73.6 cm³/mol. The van der Waals surface area contributed by atoms with Crippen LogP contribution in [0.3, 0.4) is 0 Å². The summed E-state index contributed by atoms with van der Waals surface area (Å²) in [4.78, 5) is 4.06. The highest BCUT2D eigenvalue weighted by atomic mass is 15.3. The molecule has 0 saturated heterocycles. The Labute approximate surface area is 108 Å². The summed E-state index contributed by atoms with van der Waals surface area (Å²) < 4.78 is 1.87. The quantitative estimate of drug-likeness (QED) is 0.780. The Morgan fingerprint density at radius 2 is 2.00 bits per heavy atom. The number of aryl methyl sites for hydroxylation is 1. The van der Waals surface area contributed by atoms with Gasteiger partial charge in [0.05, 0.1) is 5.69 Å². The van der Waals surface area contributed by atoms with Crippen LogP contribution in [0.4, 0.5) is 0 Å². The third-order valence-electron chi connectivity index (χ3n) is 3.93. The maximum Gasteiger partial charge on any atom is 0.0697 e. The van der Waals surface area contributed by atoms with Gasteiger partial charge in [0.2, 0.25) is 0 Å². The van der Waals surface area contributed by atoms with Gasteiger partial charge in [-0.05, 0) is 48.4 Å². The van der Waals surface area contributed by atoms with Crippen molar-refractivity contribution < 1.29 is 0 Å². The van der Waals surface area contributed by atoms with Crippen LogP contribution in [0.1, 0.15) is 31.5 Å². The van der Waals surface area contributed by atoms with Crippen molar-refractivity contribution in [1.29, 1.82) is 0 Å². The van der Waals surface area contributed by atoms with Crippen LogP contribution in [-0.2, 0) is 12.8 Å². The van der Waals surface area contributed by atoms with Crippen LogP contribution >= 0.6 is 0 Å². The summed E-state index contributed by atoms with van der Waals surface area (Å²) in [5, 5.41) is 0. The fraction of sp³-hybridized carbons (Fsp3) is 0.400. The van der Waals surface area contributed by atoms with E-state index in [0.29, 0.717) is 5.41 Å². The number of hydrogen-bond acceptors (Lipinski definition) is 2.